The van der Waals surface area contributed by atoms with Crippen molar-refractivity contribution in [2.45, 2.75) is 0 Å². The van der Waals surface area contributed by atoms with Gasteiger partial charge in [0.15, 0.2) is 0 Å². The van der Waals surface area contributed by atoms with E-state index in [1.165, 1.54) is 33.4 Å². The molecule has 0 saturated heterocycles. The van der Waals surface area contributed by atoms with E-state index in [2.05, 4.69) is 109 Å². The zero-order valence-electron chi connectivity index (χ0n) is 13.8. The van der Waals surface area contributed by atoms with Gasteiger partial charge in [-0.15, -0.1) is 17.0 Å². The first-order chi connectivity index (χ1) is 11.9. The summed E-state index contributed by atoms with van der Waals surface area (Å²) in [6.45, 7) is 0. The third-order valence-corrected chi connectivity index (χ3v) is 4.30. The van der Waals surface area contributed by atoms with Gasteiger partial charge in [0.05, 0.1) is 0 Å². The highest BCUT2D eigenvalue weighted by Gasteiger charge is 2.13. The monoisotopic (exact) mass is 386 g/mol. The first kappa shape index (κ1) is 17.2. The Kier molecular flexibility index (Phi) is 5.47. The largest absolute Gasteiger partial charge is 0.114 e. The number of benzene rings is 4. The minimum absolute atomic E-state index is 0. The molecule has 0 saturated carbocycles. The normalized spacial score (nSPS) is 10.1. The first-order valence-electron chi connectivity index (χ1n) is 8.23. The molecule has 0 aliphatic carbocycles. The Morgan fingerprint density at radius 2 is 0.680 bits per heavy atom. The van der Waals surface area contributed by atoms with Crippen molar-refractivity contribution < 1.29 is 0 Å². The third kappa shape index (κ3) is 3.57. The molecule has 0 fully saturated rings. The Labute approximate surface area is 159 Å². The zero-order chi connectivity index (χ0) is 16.2. The van der Waals surface area contributed by atoms with Crippen LogP contribution in [0.4, 0.5) is 0 Å². The SMILES string of the molecule is Br.c1ccc(-c2cccc(-c3ccccc3)c2-c2ccccc2)cc1. The maximum atomic E-state index is 2.21. The van der Waals surface area contributed by atoms with Crippen LogP contribution >= 0.6 is 17.0 Å². The Morgan fingerprint density at radius 3 is 1.08 bits per heavy atom. The van der Waals surface area contributed by atoms with E-state index in [9.17, 15) is 0 Å². The van der Waals surface area contributed by atoms with E-state index in [0.29, 0.717) is 0 Å². The van der Waals surface area contributed by atoms with Crippen molar-refractivity contribution in [1.82, 2.24) is 0 Å². The minimum Gasteiger partial charge on any atom is -0.114 e. The molecule has 4 aromatic rings. The van der Waals surface area contributed by atoms with Crippen molar-refractivity contribution in [3.63, 3.8) is 0 Å². The molecule has 0 heterocycles. The average molecular weight is 387 g/mol. The second kappa shape index (κ2) is 7.96. The van der Waals surface area contributed by atoms with Gasteiger partial charge in [0.1, 0.15) is 0 Å². The lowest BCUT2D eigenvalue weighted by molar-refractivity contribution is 1.56. The summed E-state index contributed by atoms with van der Waals surface area (Å²) in [5, 5.41) is 0. The van der Waals surface area contributed by atoms with E-state index < -0.39 is 0 Å². The molecule has 25 heavy (non-hydrogen) atoms. The molecule has 0 atom stereocenters. The maximum Gasteiger partial charge on any atom is -0.00268 e. The molecule has 122 valence electrons. The number of rotatable bonds is 3. The Morgan fingerprint density at radius 1 is 0.320 bits per heavy atom. The van der Waals surface area contributed by atoms with Crippen LogP contribution in [-0.2, 0) is 0 Å². The van der Waals surface area contributed by atoms with Gasteiger partial charge < -0.3 is 0 Å². The quantitative estimate of drug-likeness (QED) is 0.347. The smallest absolute Gasteiger partial charge is 0.00268 e. The van der Waals surface area contributed by atoms with Crippen molar-refractivity contribution in [1.29, 1.82) is 0 Å². The standard InChI is InChI=1S/C24H18.BrH/c1-4-11-19(12-5-1)22-17-10-18-23(20-13-6-2-7-14-20)24(22)21-15-8-3-9-16-21;/h1-18H;1H. The first-order valence-corrected chi connectivity index (χ1v) is 8.23. The summed E-state index contributed by atoms with van der Waals surface area (Å²) in [5.74, 6) is 0. The van der Waals surface area contributed by atoms with Gasteiger partial charge in [0.2, 0.25) is 0 Å². The van der Waals surface area contributed by atoms with Gasteiger partial charge in [-0.05, 0) is 33.4 Å². The van der Waals surface area contributed by atoms with E-state index in [1.54, 1.807) is 0 Å². The summed E-state index contributed by atoms with van der Waals surface area (Å²) in [7, 11) is 0. The molecule has 0 N–H and O–H groups in total. The van der Waals surface area contributed by atoms with Crippen molar-refractivity contribution in [2.24, 2.45) is 0 Å². The van der Waals surface area contributed by atoms with E-state index in [4.69, 9.17) is 0 Å². The van der Waals surface area contributed by atoms with Crippen LogP contribution in [0.3, 0.4) is 0 Å². The van der Waals surface area contributed by atoms with Crippen LogP contribution in [0, 0.1) is 0 Å². The van der Waals surface area contributed by atoms with E-state index in [0.717, 1.165) is 0 Å². The number of hydrogen-bond donors (Lipinski definition) is 0. The fraction of sp³-hybridized carbons (Fsp3) is 0. The van der Waals surface area contributed by atoms with E-state index in [-0.39, 0.29) is 17.0 Å². The highest BCUT2D eigenvalue weighted by Crippen LogP contribution is 2.39. The molecule has 0 spiro atoms. The molecular formula is C24H19Br. The highest BCUT2D eigenvalue weighted by atomic mass is 79.9. The van der Waals surface area contributed by atoms with Crippen molar-refractivity contribution in [3.8, 4) is 33.4 Å². The molecule has 0 amide bonds. The molecule has 0 aliphatic heterocycles. The Bertz CT molecular complexity index is 872. The van der Waals surface area contributed by atoms with Gasteiger partial charge in [0, 0.05) is 0 Å². The Hall–Kier alpha value is -2.64. The Balaban J connectivity index is 0.00000182. The van der Waals surface area contributed by atoms with Crippen molar-refractivity contribution in [3.05, 3.63) is 109 Å². The molecule has 0 nitrogen and oxygen atoms in total. The minimum atomic E-state index is 0. The molecule has 0 radical (unpaired) electrons. The van der Waals surface area contributed by atoms with Crippen LogP contribution in [0.1, 0.15) is 0 Å². The maximum absolute atomic E-state index is 2.21. The summed E-state index contributed by atoms with van der Waals surface area (Å²) in [5.41, 5.74) is 7.56. The zero-order valence-corrected chi connectivity index (χ0v) is 15.5. The summed E-state index contributed by atoms with van der Waals surface area (Å²) < 4.78 is 0. The lowest BCUT2D eigenvalue weighted by Gasteiger charge is -2.16. The van der Waals surface area contributed by atoms with E-state index >= 15 is 0 Å². The fourth-order valence-electron chi connectivity index (χ4n) is 3.18. The van der Waals surface area contributed by atoms with Crippen LogP contribution in [0.2, 0.25) is 0 Å². The number of halogens is 1. The molecule has 4 rings (SSSR count). The van der Waals surface area contributed by atoms with Gasteiger partial charge >= 0.3 is 0 Å². The van der Waals surface area contributed by atoms with Crippen LogP contribution < -0.4 is 0 Å². The molecule has 4 aromatic carbocycles. The predicted molar refractivity (Wildman–Crippen MR) is 113 cm³/mol. The number of hydrogen-bond acceptors (Lipinski definition) is 0. The molecule has 0 unspecified atom stereocenters. The fourth-order valence-corrected chi connectivity index (χ4v) is 3.18. The molecule has 0 aliphatic rings. The van der Waals surface area contributed by atoms with Crippen molar-refractivity contribution in [2.75, 3.05) is 0 Å². The van der Waals surface area contributed by atoms with Crippen LogP contribution in [-0.4, -0.2) is 0 Å². The van der Waals surface area contributed by atoms with Gasteiger partial charge in [-0.1, -0.05) is 109 Å². The predicted octanol–water partition coefficient (Wildman–Crippen LogP) is 7.27. The van der Waals surface area contributed by atoms with Crippen molar-refractivity contribution >= 4 is 17.0 Å². The van der Waals surface area contributed by atoms with Crippen LogP contribution in [0.5, 0.6) is 0 Å². The molecule has 0 aromatic heterocycles. The summed E-state index contributed by atoms with van der Waals surface area (Å²) in [4.78, 5) is 0. The second-order valence-electron chi connectivity index (χ2n) is 5.83. The lowest BCUT2D eigenvalue weighted by atomic mass is 9.88. The van der Waals surface area contributed by atoms with Gasteiger partial charge in [-0.25, -0.2) is 0 Å². The summed E-state index contributed by atoms with van der Waals surface area (Å²) in [6, 6.07) is 38.4. The second-order valence-corrected chi connectivity index (χ2v) is 5.83. The average Bonchev–Trinajstić information content (AvgIpc) is 2.69. The molecule has 0 bridgehead atoms. The third-order valence-electron chi connectivity index (χ3n) is 4.30. The molecule has 1 heteroatoms. The lowest BCUT2D eigenvalue weighted by Crippen LogP contribution is -1.90. The van der Waals surface area contributed by atoms with Gasteiger partial charge in [-0.2, -0.15) is 0 Å². The van der Waals surface area contributed by atoms with Crippen LogP contribution in [0.25, 0.3) is 33.4 Å². The van der Waals surface area contributed by atoms with Gasteiger partial charge in [0.25, 0.3) is 0 Å². The van der Waals surface area contributed by atoms with Gasteiger partial charge in [-0.3, -0.25) is 0 Å². The van der Waals surface area contributed by atoms with Crippen LogP contribution in [0.15, 0.2) is 109 Å². The topological polar surface area (TPSA) is 0 Å². The highest BCUT2D eigenvalue weighted by molar-refractivity contribution is 8.93. The summed E-state index contributed by atoms with van der Waals surface area (Å²) in [6.07, 6.45) is 0. The van der Waals surface area contributed by atoms with E-state index in [1.807, 2.05) is 0 Å². The molecular weight excluding hydrogens is 368 g/mol. The summed E-state index contributed by atoms with van der Waals surface area (Å²) >= 11 is 0.